The summed E-state index contributed by atoms with van der Waals surface area (Å²) in [4.78, 5) is 11.0. The molecule has 1 aromatic rings. The van der Waals surface area contributed by atoms with Gasteiger partial charge in [0.25, 0.3) is 0 Å². The van der Waals surface area contributed by atoms with Gasteiger partial charge in [0.1, 0.15) is 10.6 Å². The number of nitrogens with zero attached hydrogens (tertiary/aromatic N) is 1. The smallest absolute Gasteiger partial charge is 0.352 e. The van der Waals surface area contributed by atoms with Gasteiger partial charge in [-0.25, -0.2) is 17.9 Å². The number of carbonyl (C=O) groups is 1. The van der Waals surface area contributed by atoms with Gasteiger partial charge in [0.05, 0.1) is 0 Å². The minimum Gasteiger partial charge on any atom is -0.477 e. The lowest BCUT2D eigenvalue weighted by molar-refractivity contribution is 0.0685. The highest BCUT2D eigenvalue weighted by Crippen LogP contribution is 2.37. The molecule has 0 spiro atoms. The van der Waals surface area contributed by atoms with Crippen LogP contribution in [0.5, 0.6) is 0 Å². The molecule has 0 radical (unpaired) electrons. The molecular weight excluding hydrogens is 268 g/mol. The van der Waals surface area contributed by atoms with Crippen molar-refractivity contribution in [1.29, 1.82) is 0 Å². The van der Waals surface area contributed by atoms with Crippen LogP contribution in [0.3, 0.4) is 0 Å². The summed E-state index contributed by atoms with van der Waals surface area (Å²) in [5, 5.41) is 9.00. The Labute approximate surface area is 112 Å². The largest absolute Gasteiger partial charge is 0.477 e. The van der Waals surface area contributed by atoms with E-state index in [1.165, 1.54) is 16.8 Å². The summed E-state index contributed by atoms with van der Waals surface area (Å²) < 4.78 is 28.1. The fourth-order valence-electron chi connectivity index (χ4n) is 2.05. The predicted octanol–water partition coefficient (Wildman–Crippen LogP) is 1.14. The quantitative estimate of drug-likeness (QED) is 0.820. The minimum atomic E-state index is -3.62. The van der Waals surface area contributed by atoms with Crippen LogP contribution in [0.15, 0.2) is 17.2 Å². The summed E-state index contributed by atoms with van der Waals surface area (Å²) in [7, 11) is -3.62. The monoisotopic (exact) mass is 286 g/mol. The third-order valence-electron chi connectivity index (χ3n) is 3.55. The maximum Gasteiger partial charge on any atom is 0.352 e. The van der Waals surface area contributed by atoms with E-state index < -0.39 is 16.0 Å². The number of aromatic carboxylic acids is 1. The van der Waals surface area contributed by atoms with E-state index in [0.29, 0.717) is 24.9 Å². The Morgan fingerprint density at radius 1 is 1.58 bits per heavy atom. The summed E-state index contributed by atoms with van der Waals surface area (Å²) >= 11 is 0. The number of hydrogen-bond donors (Lipinski definition) is 2. The van der Waals surface area contributed by atoms with Gasteiger partial charge in [-0.3, -0.25) is 0 Å². The highest BCUT2D eigenvalue weighted by atomic mass is 32.2. The fraction of sp³-hybridized carbons (Fsp3) is 0.583. The maximum absolute atomic E-state index is 12.1. The molecule has 0 amide bonds. The van der Waals surface area contributed by atoms with Crippen molar-refractivity contribution in [2.24, 2.45) is 11.8 Å². The third kappa shape index (κ3) is 2.98. The number of aromatic nitrogens is 1. The van der Waals surface area contributed by atoms with Gasteiger partial charge in [-0.15, -0.1) is 0 Å². The van der Waals surface area contributed by atoms with Gasteiger partial charge >= 0.3 is 5.97 Å². The number of sulfonamides is 1. The Morgan fingerprint density at radius 3 is 2.63 bits per heavy atom. The van der Waals surface area contributed by atoms with E-state index in [1.807, 2.05) is 0 Å². The summed E-state index contributed by atoms with van der Waals surface area (Å²) in [5.41, 5.74) is -0.0114. The van der Waals surface area contributed by atoms with Crippen molar-refractivity contribution >= 4 is 16.0 Å². The Bertz CT molecular complexity index is 591. The second-order valence-electron chi connectivity index (χ2n) is 4.98. The molecular formula is C12H18N2O4S. The normalized spacial score (nSPS) is 22.4. The van der Waals surface area contributed by atoms with Crippen molar-refractivity contribution in [3.05, 3.63) is 18.0 Å². The number of carboxylic acids is 1. The molecule has 0 bridgehead atoms. The van der Waals surface area contributed by atoms with E-state index in [2.05, 4.69) is 11.6 Å². The average molecular weight is 286 g/mol. The molecule has 2 N–H and O–H groups in total. The van der Waals surface area contributed by atoms with Crippen LogP contribution >= 0.6 is 0 Å². The second-order valence-corrected chi connectivity index (χ2v) is 6.74. The van der Waals surface area contributed by atoms with E-state index in [4.69, 9.17) is 5.11 Å². The van der Waals surface area contributed by atoms with E-state index >= 15 is 0 Å². The molecule has 1 aliphatic carbocycles. The van der Waals surface area contributed by atoms with Crippen molar-refractivity contribution in [3.63, 3.8) is 0 Å². The Hall–Kier alpha value is -1.34. The zero-order valence-electron chi connectivity index (χ0n) is 11.0. The molecule has 19 heavy (non-hydrogen) atoms. The summed E-state index contributed by atoms with van der Waals surface area (Å²) in [6.45, 7) is 4.68. The van der Waals surface area contributed by atoms with Gasteiger partial charge in [0, 0.05) is 19.3 Å². The molecule has 0 aromatic carbocycles. The zero-order valence-corrected chi connectivity index (χ0v) is 11.8. The van der Waals surface area contributed by atoms with Crippen LogP contribution in [0, 0.1) is 11.8 Å². The van der Waals surface area contributed by atoms with E-state index in [9.17, 15) is 13.2 Å². The van der Waals surface area contributed by atoms with Crippen molar-refractivity contribution < 1.29 is 18.3 Å². The molecule has 1 aliphatic rings. The highest BCUT2D eigenvalue weighted by molar-refractivity contribution is 7.89. The molecule has 2 atom stereocenters. The lowest BCUT2D eigenvalue weighted by atomic mass is 10.3. The maximum atomic E-state index is 12.1. The minimum absolute atomic E-state index is 0.0114. The van der Waals surface area contributed by atoms with Gasteiger partial charge in [-0.2, -0.15) is 0 Å². The first kappa shape index (κ1) is 14.1. The van der Waals surface area contributed by atoms with Crippen LogP contribution < -0.4 is 4.72 Å². The van der Waals surface area contributed by atoms with Crippen LogP contribution in [0.4, 0.5) is 0 Å². The van der Waals surface area contributed by atoms with E-state index in [1.54, 1.807) is 6.92 Å². The first-order valence-electron chi connectivity index (χ1n) is 6.28. The first-order chi connectivity index (χ1) is 8.85. The molecule has 0 aliphatic heterocycles. The van der Waals surface area contributed by atoms with Crippen LogP contribution in [0.25, 0.3) is 0 Å². The molecule has 2 unspecified atom stereocenters. The van der Waals surface area contributed by atoms with E-state index in [-0.39, 0.29) is 10.6 Å². The molecule has 1 saturated carbocycles. The van der Waals surface area contributed by atoms with Crippen molar-refractivity contribution in [3.8, 4) is 0 Å². The molecule has 106 valence electrons. The number of carboxylic acid groups (broad SMARTS) is 1. The molecule has 6 nitrogen and oxygen atoms in total. The molecule has 2 rings (SSSR count). The predicted molar refractivity (Wildman–Crippen MR) is 69.5 cm³/mol. The molecule has 0 saturated heterocycles. The Balaban J connectivity index is 2.17. The van der Waals surface area contributed by atoms with Gasteiger partial charge in [-0.1, -0.05) is 6.92 Å². The van der Waals surface area contributed by atoms with Gasteiger partial charge < -0.3 is 9.67 Å². The lowest BCUT2D eigenvalue weighted by Gasteiger charge is -2.03. The van der Waals surface area contributed by atoms with Crippen molar-refractivity contribution in [1.82, 2.24) is 9.29 Å². The van der Waals surface area contributed by atoms with Crippen LogP contribution in [-0.4, -0.2) is 30.6 Å². The van der Waals surface area contributed by atoms with Crippen LogP contribution in [-0.2, 0) is 16.6 Å². The highest BCUT2D eigenvalue weighted by Gasteiger charge is 2.33. The fourth-order valence-corrected chi connectivity index (χ4v) is 3.19. The molecule has 1 fully saturated rings. The summed E-state index contributed by atoms with van der Waals surface area (Å²) in [5.74, 6) is -0.154. The van der Waals surface area contributed by atoms with E-state index in [0.717, 1.165) is 6.42 Å². The van der Waals surface area contributed by atoms with Crippen LogP contribution in [0.1, 0.15) is 30.8 Å². The number of nitrogens with one attached hydrogen (secondary N) is 1. The Kier molecular flexibility index (Phi) is 3.69. The van der Waals surface area contributed by atoms with Gasteiger partial charge in [0.2, 0.25) is 10.0 Å². The first-order valence-corrected chi connectivity index (χ1v) is 7.76. The molecule has 7 heteroatoms. The zero-order chi connectivity index (χ0) is 14.2. The SMILES string of the molecule is CCn1cc(S(=O)(=O)NCC2CC2C)cc1C(=O)O. The molecule has 1 aromatic heterocycles. The Morgan fingerprint density at radius 2 is 2.21 bits per heavy atom. The number of rotatable bonds is 6. The van der Waals surface area contributed by atoms with Crippen molar-refractivity contribution in [2.75, 3.05) is 6.54 Å². The summed E-state index contributed by atoms with van der Waals surface area (Å²) in [6.07, 6.45) is 2.40. The average Bonchev–Trinajstić information content (AvgIpc) is 2.89. The van der Waals surface area contributed by atoms with Gasteiger partial charge in [0.15, 0.2) is 0 Å². The van der Waals surface area contributed by atoms with Gasteiger partial charge in [-0.05, 0) is 31.2 Å². The van der Waals surface area contributed by atoms with Crippen LogP contribution in [0.2, 0.25) is 0 Å². The second kappa shape index (κ2) is 4.97. The topological polar surface area (TPSA) is 88.4 Å². The van der Waals surface area contributed by atoms with Crippen molar-refractivity contribution in [2.45, 2.75) is 31.7 Å². The standard InChI is InChI=1S/C12H18N2O4S/c1-3-14-7-10(5-11(14)12(15)16)19(17,18)13-6-9-4-8(9)2/h5,7-9,13H,3-4,6H2,1-2H3,(H,15,16). The number of aryl methyl sites for hydroxylation is 1. The number of hydrogen-bond acceptors (Lipinski definition) is 3. The summed E-state index contributed by atoms with van der Waals surface area (Å²) in [6, 6.07) is 1.20. The lowest BCUT2D eigenvalue weighted by Crippen LogP contribution is -2.25. The third-order valence-corrected chi connectivity index (χ3v) is 4.94. The molecule has 1 heterocycles.